The maximum Gasteiger partial charge on any atom is 0.158 e. The van der Waals surface area contributed by atoms with Gasteiger partial charge in [-0.25, -0.2) is 0 Å². The fraction of sp³-hybridized carbons (Fsp3) is 0.500. The van der Waals surface area contributed by atoms with Crippen LogP contribution in [0.1, 0.15) is 20.8 Å². The van der Waals surface area contributed by atoms with Crippen LogP contribution in [0.15, 0.2) is 11.3 Å². The van der Waals surface area contributed by atoms with Gasteiger partial charge in [-0.3, -0.25) is 4.79 Å². The third kappa shape index (κ3) is 4.37. The van der Waals surface area contributed by atoms with E-state index in [2.05, 4.69) is 0 Å². The van der Waals surface area contributed by atoms with Crippen LogP contribution >= 0.6 is 0 Å². The summed E-state index contributed by atoms with van der Waals surface area (Å²) in [6.45, 7) is 4.52. The first-order chi connectivity index (χ1) is 3.55. The molecule has 0 bridgehead atoms. The van der Waals surface area contributed by atoms with Crippen LogP contribution in [0.5, 0.6) is 0 Å². The standard InChI is InChI=1S/C6H10O2.Ir/c1-4(5(2)7)6(3)8;/h7H,1-3H3;. The number of aliphatic hydroxyl groups is 1. The summed E-state index contributed by atoms with van der Waals surface area (Å²) in [6, 6.07) is 0. The topological polar surface area (TPSA) is 37.3 Å². The van der Waals surface area contributed by atoms with E-state index in [0.717, 1.165) is 0 Å². The number of allylic oxidation sites excluding steroid dienone is 2. The molecule has 1 N–H and O–H groups in total. The summed E-state index contributed by atoms with van der Waals surface area (Å²) in [6.07, 6.45) is 0. The van der Waals surface area contributed by atoms with Crippen molar-refractivity contribution in [3.63, 3.8) is 0 Å². The molecule has 0 aromatic heterocycles. The third-order valence-corrected chi connectivity index (χ3v) is 1.07. The van der Waals surface area contributed by atoms with E-state index >= 15 is 0 Å². The number of aliphatic hydroxyl groups excluding tert-OH is 1. The molecule has 0 unspecified atom stereocenters. The second-order valence-electron chi connectivity index (χ2n) is 1.77. The van der Waals surface area contributed by atoms with E-state index in [4.69, 9.17) is 5.11 Å². The van der Waals surface area contributed by atoms with Gasteiger partial charge in [-0.15, -0.1) is 0 Å². The zero-order chi connectivity index (χ0) is 6.73. The molecule has 0 saturated heterocycles. The fourth-order valence-electron chi connectivity index (χ4n) is 0.255. The van der Waals surface area contributed by atoms with Crippen LogP contribution in [-0.4, -0.2) is 10.9 Å². The number of ketones is 1. The van der Waals surface area contributed by atoms with E-state index in [9.17, 15) is 4.79 Å². The zero-order valence-corrected chi connectivity index (χ0v) is 8.08. The van der Waals surface area contributed by atoms with Crippen molar-refractivity contribution in [2.45, 2.75) is 20.8 Å². The van der Waals surface area contributed by atoms with Gasteiger partial charge in [-0.2, -0.15) is 0 Å². The van der Waals surface area contributed by atoms with Gasteiger partial charge in [0.25, 0.3) is 0 Å². The molecule has 0 aliphatic heterocycles. The molecule has 0 atom stereocenters. The molecule has 0 aliphatic carbocycles. The second kappa shape index (κ2) is 4.71. The van der Waals surface area contributed by atoms with Gasteiger partial charge in [0, 0.05) is 25.7 Å². The average Bonchev–Trinajstić information content (AvgIpc) is 1.64. The van der Waals surface area contributed by atoms with Crippen molar-refractivity contribution in [3.8, 4) is 0 Å². The van der Waals surface area contributed by atoms with Crippen LogP contribution in [0.2, 0.25) is 0 Å². The molecular weight excluding hydrogens is 296 g/mol. The van der Waals surface area contributed by atoms with Crippen molar-refractivity contribution >= 4 is 5.78 Å². The number of rotatable bonds is 1. The average molecular weight is 306 g/mol. The van der Waals surface area contributed by atoms with Crippen molar-refractivity contribution < 1.29 is 30.0 Å². The molecule has 0 fully saturated rings. The first-order valence-corrected chi connectivity index (χ1v) is 2.43. The Balaban J connectivity index is 0. The Morgan fingerprint density at radius 3 is 1.56 bits per heavy atom. The molecule has 0 aromatic carbocycles. The minimum absolute atomic E-state index is 0. The molecule has 0 spiro atoms. The fourth-order valence-corrected chi connectivity index (χ4v) is 0.255. The second-order valence-corrected chi connectivity index (χ2v) is 1.77. The van der Waals surface area contributed by atoms with Gasteiger partial charge >= 0.3 is 0 Å². The monoisotopic (exact) mass is 307 g/mol. The van der Waals surface area contributed by atoms with E-state index in [-0.39, 0.29) is 31.6 Å². The van der Waals surface area contributed by atoms with Gasteiger partial charge in [0.1, 0.15) is 0 Å². The summed E-state index contributed by atoms with van der Waals surface area (Å²) in [5, 5.41) is 8.65. The molecule has 0 saturated carbocycles. The van der Waals surface area contributed by atoms with Gasteiger partial charge < -0.3 is 5.11 Å². The van der Waals surface area contributed by atoms with Crippen LogP contribution < -0.4 is 0 Å². The van der Waals surface area contributed by atoms with Crippen molar-refractivity contribution in [2.75, 3.05) is 0 Å². The maximum absolute atomic E-state index is 10.4. The van der Waals surface area contributed by atoms with E-state index in [1.54, 1.807) is 6.92 Å². The van der Waals surface area contributed by atoms with Crippen LogP contribution in [0, 0.1) is 0 Å². The Kier molecular flexibility index (Phi) is 6.09. The number of hydrogen-bond donors (Lipinski definition) is 1. The van der Waals surface area contributed by atoms with Crippen LogP contribution in [0.4, 0.5) is 0 Å². The van der Waals surface area contributed by atoms with Gasteiger partial charge in [0.2, 0.25) is 0 Å². The molecule has 0 aromatic rings. The van der Waals surface area contributed by atoms with Gasteiger partial charge in [-0.05, 0) is 20.8 Å². The number of Topliss-reactive ketones (excluding diaryl/α,β-unsaturated/α-hetero) is 1. The largest absolute Gasteiger partial charge is 0.512 e. The number of hydrogen-bond acceptors (Lipinski definition) is 2. The number of carbonyl (C=O) groups is 1. The number of carbonyl (C=O) groups excluding carboxylic acids is 1. The Morgan fingerprint density at radius 2 is 1.56 bits per heavy atom. The molecule has 0 aliphatic rings. The summed E-state index contributed by atoms with van der Waals surface area (Å²) < 4.78 is 0. The molecule has 0 amide bonds. The SMILES string of the molecule is CC(=O)C(C)=C(C)O.[Ir]. The quantitative estimate of drug-likeness (QED) is 0.588. The van der Waals surface area contributed by atoms with Crippen molar-refractivity contribution in [1.82, 2.24) is 0 Å². The Bertz CT molecular complexity index is 134. The van der Waals surface area contributed by atoms with Crippen molar-refractivity contribution in [2.24, 2.45) is 0 Å². The summed E-state index contributed by atoms with van der Waals surface area (Å²) in [5.74, 6) is 0.0301. The van der Waals surface area contributed by atoms with E-state index < -0.39 is 0 Å². The van der Waals surface area contributed by atoms with Gasteiger partial charge in [0.05, 0.1) is 5.76 Å². The molecule has 9 heavy (non-hydrogen) atoms. The first-order valence-electron chi connectivity index (χ1n) is 2.43. The van der Waals surface area contributed by atoms with Crippen LogP contribution in [-0.2, 0) is 24.9 Å². The van der Waals surface area contributed by atoms with Crippen molar-refractivity contribution in [3.05, 3.63) is 11.3 Å². The molecule has 2 nitrogen and oxygen atoms in total. The molecule has 1 radical (unpaired) electrons. The normalized spacial score (nSPS) is 11.4. The third-order valence-electron chi connectivity index (χ3n) is 1.07. The Hall–Kier alpha value is -0.141. The Labute approximate surface area is 68.3 Å². The summed E-state index contributed by atoms with van der Waals surface area (Å²) >= 11 is 0. The first kappa shape index (κ1) is 11.6. The smallest absolute Gasteiger partial charge is 0.158 e. The van der Waals surface area contributed by atoms with Gasteiger partial charge in [0.15, 0.2) is 5.78 Å². The van der Waals surface area contributed by atoms with Crippen LogP contribution in [0.3, 0.4) is 0 Å². The van der Waals surface area contributed by atoms with Crippen molar-refractivity contribution in [1.29, 1.82) is 0 Å². The van der Waals surface area contributed by atoms with Gasteiger partial charge in [-0.1, -0.05) is 0 Å². The zero-order valence-electron chi connectivity index (χ0n) is 5.69. The minimum atomic E-state index is -0.0787. The van der Waals surface area contributed by atoms with Crippen LogP contribution in [0.25, 0.3) is 0 Å². The molecule has 3 heteroatoms. The predicted molar refractivity (Wildman–Crippen MR) is 31.7 cm³/mol. The van der Waals surface area contributed by atoms with E-state index in [1.807, 2.05) is 0 Å². The summed E-state index contributed by atoms with van der Waals surface area (Å²) in [4.78, 5) is 10.4. The molecule has 0 heterocycles. The minimum Gasteiger partial charge on any atom is -0.512 e. The Morgan fingerprint density at radius 1 is 1.22 bits per heavy atom. The molecule has 0 rings (SSSR count). The predicted octanol–water partition coefficient (Wildman–Crippen LogP) is 1.42. The van der Waals surface area contributed by atoms with E-state index in [0.29, 0.717) is 5.57 Å². The van der Waals surface area contributed by atoms with E-state index in [1.165, 1.54) is 13.8 Å². The maximum atomic E-state index is 10.4. The summed E-state index contributed by atoms with van der Waals surface area (Å²) in [5.41, 5.74) is 0.435. The summed E-state index contributed by atoms with van der Waals surface area (Å²) in [7, 11) is 0. The molecular formula is C6H10IrO2. The molecule has 55 valence electrons.